The molecule has 3 aromatic carbocycles. The summed E-state index contributed by atoms with van der Waals surface area (Å²) < 4.78 is 84.6. The minimum atomic E-state index is -4.55. The molecule has 0 spiro atoms. The van der Waals surface area contributed by atoms with Gasteiger partial charge in [0.25, 0.3) is 0 Å². The Bertz CT molecular complexity index is 2000. The predicted octanol–water partition coefficient (Wildman–Crippen LogP) is 1.37. The van der Waals surface area contributed by atoms with Crippen LogP contribution in [-0.2, 0) is 31.7 Å². The Balaban J connectivity index is 0.00000461. The molecule has 1 aliphatic heterocycles. The van der Waals surface area contributed by atoms with E-state index in [9.17, 15) is 25.9 Å². The third kappa shape index (κ3) is 9.00. The van der Waals surface area contributed by atoms with Gasteiger partial charge in [-0.05, 0) is 0 Å². The molecule has 0 fully saturated rings. The number of anilines is 1. The Kier molecular flexibility index (Phi) is 12.0. The van der Waals surface area contributed by atoms with E-state index in [1.54, 1.807) is 4.90 Å². The number of halogens is 1. The Morgan fingerprint density at radius 2 is 1.82 bits per heavy atom. The van der Waals surface area contributed by atoms with Gasteiger partial charge in [0.1, 0.15) is 0 Å². The summed E-state index contributed by atoms with van der Waals surface area (Å²) >= 11 is 6.20. The van der Waals surface area contributed by atoms with Crippen molar-refractivity contribution in [3.8, 4) is 5.75 Å². The van der Waals surface area contributed by atoms with Crippen LogP contribution in [0, 0.1) is 0 Å². The van der Waals surface area contributed by atoms with Crippen LogP contribution >= 0.6 is 11.6 Å². The quantitative estimate of drug-likeness (QED) is 0.0911. The third-order valence-corrected chi connectivity index (χ3v) is 11.6. The Morgan fingerprint density at radius 1 is 1.11 bits per heavy atom. The van der Waals surface area contributed by atoms with Crippen LogP contribution < -0.4 is 43.8 Å². The van der Waals surface area contributed by atoms with E-state index in [0.717, 1.165) is 30.7 Å². The molecule has 15 heteroatoms. The molecule has 234 valence electrons. The summed E-state index contributed by atoms with van der Waals surface area (Å²) in [5, 5.41) is 1.30. The van der Waals surface area contributed by atoms with Crippen molar-refractivity contribution in [2.45, 2.75) is 38.7 Å². The zero-order valence-corrected chi connectivity index (χ0v) is 31.0. The van der Waals surface area contributed by atoms with Gasteiger partial charge < -0.3 is 0 Å². The van der Waals surface area contributed by atoms with Gasteiger partial charge in [-0.2, -0.15) is 0 Å². The summed E-state index contributed by atoms with van der Waals surface area (Å²) in [6, 6.07) is 17.2. The molecule has 0 amide bonds. The van der Waals surface area contributed by atoms with Crippen molar-refractivity contribution in [3.05, 3.63) is 81.7 Å². The van der Waals surface area contributed by atoms with Crippen LogP contribution in [0.2, 0.25) is 5.02 Å². The van der Waals surface area contributed by atoms with Crippen molar-refractivity contribution >= 4 is 78.7 Å². The van der Waals surface area contributed by atoms with Crippen LogP contribution in [0.15, 0.2) is 72.1 Å². The Labute approximate surface area is 295 Å². The fourth-order valence-electron chi connectivity index (χ4n) is 4.80. The molecule has 0 radical (unpaired) electrons. The van der Waals surface area contributed by atoms with Gasteiger partial charge in [-0.25, -0.2) is 0 Å². The zero-order valence-electron chi connectivity index (χ0n) is 24.9. The van der Waals surface area contributed by atoms with Crippen molar-refractivity contribution in [3.63, 3.8) is 0 Å². The molecule has 0 saturated heterocycles. The van der Waals surface area contributed by atoms with Gasteiger partial charge in [0, 0.05) is 0 Å². The second-order valence-electron chi connectivity index (χ2n) is 10.4. The summed E-state index contributed by atoms with van der Waals surface area (Å²) in [6.45, 7) is 3.53. The number of benzene rings is 3. The predicted molar refractivity (Wildman–Crippen MR) is 169 cm³/mol. The topological polar surface area (TPSA) is 140 Å². The number of hydrogen-bond donors (Lipinski definition) is 0. The number of aromatic nitrogens is 1. The van der Waals surface area contributed by atoms with E-state index in [2.05, 4.69) is 0 Å². The van der Waals surface area contributed by atoms with Crippen molar-refractivity contribution in [2.24, 2.45) is 0 Å². The summed E-state index contributed by atoms with van der Waals surface area (Å²) in [4.78, 5) is 1.73. The van der Waals surface area contributed by atoms with Gasteiger partial charge in [0.05, 0.1) is 0 Å². The summed E-state index contributed by atoms with van der Waals surface area (Å²) in [7, 11) is -8.86. The van der Waals surface area contributed by atoms with E-state index in [1.165, 1.54) is 6.92 Å². The van der Waals surface area contributed by atoms with Crippen LogP contribution in [-0.4, -0.2) is 64.6 Å². The minimum Gasteiger partial charge on any atom is 1.00 e. The van der Waals surface area contributed by atoms with E-state index in [4.69, 9.17) is 21.1 Å². The van der Waals surface area contributed by atoms with Gasteiger partial charge in [0.2, 0.25) is 0 Å². The van der Waals surface area contributed by atoms with E-state index in [0.29, 0.717) is 28.8 Å². The van der Waals surface area contributed by atoms with Crippen LogP contribution in [0.25, 0.3) is 26.6 Å². The average Bonchev–Trinajstić information content (AvgIpc) is 3.46. The smallest absolute Gasteiger partial charge is 1.00 e. The molecule has 10 nitrogen and oxygen atoms in total. The van der Waals surface area contributed by atoms with Gasteiger partial charge in [-0.3, -0.25) is 0 Å². The normalized spacial score (nSPS) is 15.4. The molecule has 1 unspecified atom stereocenters. The molecular weight excluding hydrogens is 718 g/mol. The van der Waals surface area contributed by atoms with Gasteiger partial charge >= 0.3 is 298 Å². The van der Waals surface area contributed by atoms with Crippen molar-refractivity contribution in [1.29, 1.82) is 0 Å². The Morgan fingerprint density at radius 3 is 2.49 bits per heavy atom. The third-order valence-electron chi connectivity index (χ3n) is 7.15. The molecule has 0 bridgehead atoms. The molecule has 2 heterocycles. The van der Waals surface area contributed by atoms with E-state index in [1.807, 2.05) is 78.2 Å². The van der Waals surface area contributed by atoms with Crippen molar-refractivity contribution in [2.75, 3.05) is 23.8 Å². The first-order valence-electron chi connectivity index (χ1n) is 13.8. The molecule has 4 aromatic rings. The molecule has 0 saturated carbocycles. The standard InChI is InChI=1S/C30H31ClN2O8S2Se.Na/c1-3-21(14-30-33(19-40-11-6-12-42(34,35)36)26-17-24(31)9-10-28(26)44-30)13-29-32(18-20(2)43(37,38)39)25-15-22-7-4-5-8-23(22)16-27(25)41-29;/h4-5,7-10,13-17,20H,3,6,11-12,18-19H2,1-2H3,(H-,34,35,36,37,38,39);/q;+1/p-1. The maximum absolute atomic E-state index is 11.9. The minimum absolute atomic E-state index is 0. The first-order valence-corrected chi connectivity index (χ1v) is 18.9. The molecular formula is C30H30ClN2NaO8S2Se. The maximum Gasteiger partial charge on any atom is 1.00 e. The molecule has 45 heavy (non-hydrogen) atoms. The summed E-state index contributed by atoms with van der Waals surface area (Å²) in [5.74, 6) is 0.479. The Hall–Kier alpha value is -1.74. The largest absolute Gasteiger partial charge is 1.00 e. The number of nitrogens with zero attached hydrogens (tertiary/aromatic N) is 2. The van der Waals surface area contributed by atoms with Crippen LogP contribution in [0.1, 0.15) is 31.3 Å². The van der Waals surface area contributed by atoms with Crippen molar-refractivity contribution < 1.29 is 69.5 Å². The van der Waals surface area contributed by atoms with E-state index < -0.39 is 31.2 Å². The monoisotopic (exact) mass is 748 g/mol. The first-order chi connectivity index (χ1) is 20.8. The number of fused-ring (bicyclic) bond motifs is 3. The number of ether oxygens (including phenoxy) is 2. The molecule has 1 aromatic heterocycles. The SMILES string of the molecule is CCC(/C=C1\Oc2cc3ccccc3cc2N1CC(C)S(=O)(=O)[O-])=C\c1[se]c2ccc(Cl)cc2[n+]1COCCCS(=O)(=O)[O-].[Na+]. The second kappa shape index (κ2) is 15.0. The fourth-order valence-corrected chi connectivity index (χ4v) is 8.09. The van der Waals surface area contributed by atoms with Crippen LogP contribution in [0.5, 0.6) is 5.75 Å². The van der Waals surface area contributed by atoms with Crippen LogP contribution in [0.3, 0.4) is 0 Å². The summed E-state index contributed by atoms with van der Waals surface area (Å²) in [5.41, 5.74) is 2.45. The molecule has 1 aliphatic rings. The molecule has 1 atom stereocenters. The van der Waals surface area contributed by atoms with Gasteiger partial charge in [0.15, 0.2) is 0 Å². The number of allylic oxidation sites excluding steroid dienone is 2. The van der Waals surface area contributed by atoms with E-state index >= 15 is 0 Å². The van der Waals surface area contributed by atoms with Gasteiger partial charge in [-0.15, -0.1) is 0 Å². The second-order valence-corrected chi connectivity index (χ2v) is 16.4. The maximum atomic E-state index is 11.9. The first kappa shape index (κ1) is 36.1. The fraction of sp³-hybridized carbons (Fsp3) is 0.300. The molecule has 0 aliphatic carbocycles. The average molecular weight is 748 g/mol. The van der Waals surface area contributed by atoms with Crippen molar-refractivity contribution in [1.82, 2.24) is 0 Å². The number of rotatable bonds is 12. The van der Waals surface area contributed by atoms with Gasteiger partial charge in [-0.1, -0.05) is 0 Å². The van der Waals surface area contributed by atoms with Crippen LogP contribution in [0.4, 0.5) is 5.69 Å². The van der Waals surface area contributed by atoms with E-state index in [-0.39, 0.29) is 70.4 Å². The summed E-state index contributed by atoms with van der Waals surface area (Å²) in [6.07, 6.45) is 4.58. The molecule has 0 N–H and O–H groups in total. The zero-order chi connectivity index (χ0) is 31.6. The number of hydrogen-bond acceptors (Lipinski definition) is 9. The molecule has 5 rings (SSSR count).